The predicted molar refractivity (Wildman–Crippen MR) is 127 cm³/mol. The fourth-order valence-corrected chi connectivity index (χ4v) is 3.82. The second-order valence-electron chi connectivity index (χ2n) is 8.94. The zero-order valence-corrected chi connectivity index (χ0v) is 19.5. The summed E-state index contributed by atoms with van der Waals surface area (Å²) in [6.07, 6.45) is -5.35. The lowest BCUT2D eigenvalue weighted by molar-refractivity contribution is -0.139. The van der Waals surface area contributed by atoms with E-state index in [9.17, 15) is 36.2 Å². The van der Waals surface area contributed by atoms with Crippen LogP contribution in [0.3, 0.4) is 0 Å². The monoisotopic (exact) mass is 506 g/mol. The Kier molecular flexibility index (Phi) is 7.96. The van der Waals surface area contributed by atoms with E-state index in [-0.39, 0.29) is 5.92 Å². The van der Waals surface area contributed by atoms with E-state index in [1.54, 1.807) is 30.4 Å². The Morgan fingerprint density at radius 2 is 1.25 bits per heavy atom. The molecule has 0 spiro atoms. The Bertz CT molecular complexity index is 1220. The van der Waals surface area contributed by atoms with Crippen molar-refractivity contribution in [1.29, 1.82) is 0 Å². The van der Waals surface area contributed by atoms with E-state index in [0.717, 1.165) is 24.3 Å². The number of benzene rings is 3. The largest absolute Gasteiger partial charge is 0.481 e. The highest BCUT2D eigenvalue weighted by atomic mass is 19.4. The van der Waals surface area contributed by atoms with Crippen LogP contribution in [-0.2, 0) is 17.1 Å². The van der Waals surface area contributed by atoms with Crippen molar-refractivity contribution in [2.45, 2.75) is 38.5 Å². The van der Waals surface area contributed by atoms with Crippen LogP contribution in [0.25, 0.3) is 23.3 Å². The van der Waals surface area contributed by atoms with Gasteiger partial charge >= 0.3 is 18.3 Å². The number of halogens is 6. The van der Waals surface area contributed by atoms with Crippen molar-refractivity contribution in [2.24, 2.45) is 5.92 Å². The van der Waals surface area contributed by atoms with Gasteiger partial charge in [-0.05, 0) is 70.5 Å². The van der Waals surface area contributed by atoms with Crippen LogP contribution in [0.1, 0.15) is 54.0 Å². The van der Waals surface area contributed by atoms with Crippen molar-refractivity contribution in [2.75, 3.05) is 0 Å². The van der Waals surface area contributed by atoms with E-state index in [1.807, 2.05) is 13.8 Å². The lowest BCUT2D eigenvalue weighted by Crippen LogP contribution is -2.14. The maximum Gasteiger partial charge on any atom is 0.416 e. The summed E-state index contributed by atoms with van der Waals surface area (Å²) < 4.78 is 77.4. The molecule has 0 saturated heterocycles. The second-order valence-corrected chi connectivity index (χ2v) is 8.94. The topological polar surface area (TPSA) is 37.3 Å². The van der Waals surface area contributed by atoms with Crippen molar-refractivity contribution < 1.29 is 36.2 Å². The maximum atomic E-state index is 13.0. The third-order valence-electron chi connectivity index (χ3n) is 5.64. The average Bonchev–Trinajstić information content (AvgIpc) is 2.80. The Morgan fingerprint density at radius 3 is 1.72 bits per heavy atom. The molecule has 1 atom stereocenters. The Hall–Kier alpha value is -3.55. The van der Waals surface area contributed by atoms with Crippen LogP contribution in [0.4, 0.5) is 26.3 Å². The summed E-state index contributed by atoms with van der Waals surface area (Å²) in [6.45, 7) is 3.78. The van der Waals surface area contributed by atoms with Crippen LogP contribution in [0, 0.1) is 5.92 Å². The van der Waals surface area contributed by atoms with Gasteiger partial charge in [-0.3, -0.25) is 4.79 Å². The number of carboxylic acids is 1. The molecule has 0 aromatic heterocycles. The van der Waals surface area contributed by atoms with Crippen LogP contribution < -0.4 is 0 Å². The molecule has 2 nitrogen and oxygen atoms in total. The van der Waals surface area contributed by atoms with Gasteiger partial charge in [0.05, 0.1) is 17.0 Å². The van der Waals surface area contributed by atoms with Crippen molar-refractivity contribution in [1.82, 2.24) is 0 Å². The molecule has 3 aromatic rings. The van der Waals surface area contributed by atoms with Gasteiger partial charge in [0.2, 0.25) is 0 Å². The van der Waals surface area contributed by atoms with E-state index in [1.165, 1.54) is 24.3 Å². The maximum absolute atomic E-state index is 13.0. The first kappa shape index (κ1) is 27.0. The van der Waals surface area contributed by atoms with Crippen LogP contribution in [0.2, 0.25) is 0 Å². The van der Waals surface area contributed by atoms with Crippen molar-refractivity contribution >= 4 is 18.1 Å². The molecule has 0 amide bonds. The average molecular weight is 506 g/mol. The molecule has 8 heteroatoms. The van der Waals surface area contributed by atoms with Gasteiger partial charge in [0, 0.05) is 0 Å². The molecule has 0 aliphatic heterocycles. The van der Waals surface area contributed by atoms with Crippen molar-refractivity contribution in [3.8, 4) is 11.1 Å². The molecule has 0 saturated carbocycles. The summed E-state index contributed by atoms with van der Waals surface area (Å²) in [4.78, 5) is 12.0. The third kappa shape index (κ3) is 6.99. The Labute approximate surface area is 204 Å². The van der Waals surface area contributed by atoms with Crippen molar-refractivity contribution in [3.63, 3.8) is 0 Å². The van der Waals surface area contributed by atoms with Crippen LogP contribution in [-0.4, -0.2) is 11.1 Å². The molecule has 0 bridgehead atoms. The smallest absolute Gasteiger partial charge is 0.416 e. The number of rotatable bonds is 7. The normalized spacial score (nSPS) is 13.4. The number of carbonyl (C=O) groups is 1. The standard InChI is InChI=1S/C28H24F6O2/c1-17(2)13-25(26(35)36)22-15-19(4-3-18-5-9-23(10-6-18)27(29,30)31)14-21(16-22)20-7-11-24(12-8-20)28(32,33)34/h3-12,14-17,25H,13H2,1-2H3,(H,35,36)/b4-3+. The Balaban J connectivity index is 2.04. The first-order chi connectivity index (χ1) is 16.7. The molecule has 3 rings (SSSR count). The van der Waals surface area contributed by atoms with Gasteiger partial charge in [0.15, 0.2) is 0 Å². The molecule has 190 valence electrons. The van der Waals surface area contributed by atoms with Gasteiger partial charge in [-0.25, -0.2) is 0 Å². The quantitative estimate of drug-likeness (QED) is 0.257. The second kappa shape index (κ2) is 10.6. The summed E-state index contributed by atoms with van der Waals surface area (Å²) in [6, 6.07) is 14.2. The van der Waals surface area contributed by atoms with Gasteiger partial charge in [0.1, 0.15) is 0 Å². The van der Waals surface area contributed by atoms with Gasteiger partial charge in [0.25, 0.3) is 0 Å². The molecule has 3 aromatic carbocycles. The summed E-state index contributed by atoms with van der Waals surface area (Å²) in [5, 5.41) is 9.82. The number of hydrogen-bond acceptors (Lipinski definition) is 1. The SMILES string of the molecule is CC(C)CC(C(=O)O)c1cc(/C=C/c2ccc(C(F)(F)F)cc2)cc(-c2ccc(C(F)(F)F)cc2)c1. The molecule has 0 fully saturated rings. The first-order valence-corrected chi connectivity index (χ1v) is 11.1. The minimum absolute atomic E-state index is 0.0759. The molecule has 0 aliphatic carbocycles. The minimum atomic E-state index is -4.48. The molecule has 0 heterocycles. The van der Waals surface area contributed by atoms with Gasteiger partial charge < -0.3 is 5.11 Å². The van der Waals surface area contributed by atoms with E-state index in [2.05, 4.69) is 0 Å². The zero-order valence-electron chi connectivity index (χ0n) is 19.5. The van der Waals surface area contributed by atoms with E-state index in [4.69, 9.17) is 0 Å². The lowest BCUT2D eigenvalue weighted by atomic mass is 9.87. The minimum Gasteiger partial charge on any atom is -0.481 e. The summed E-state index contributed by atoms with van der Waals surface area (Å²) >= 11 is 0. The number of carboxylic acid groups (broad SMARTS) is 1. The highest BCUT2D eigenvalue weighted by molar-refractivity contribution is 5.80. The fourth-order valence-electron chi connectivity index (χ4n) is 3.82. The lowest BCUT2D eigenvalue weighted by Gasteiger charge is -2.17. The van der Waals surface area contributed by atoms with Gasteiger partial charge in [-0.1, -0.05) is 62.4 Å². The predicted octanol–water partition coefficient (Wildman–Crippen LogP) is 8.78. The van der Waals surface area contributed by atoms with Crippen LogP contribution in [0.15, 0.2) is 66.7 Å². The molecular weight excluding hydrogens is 482 g/mol. The molecule has 0 aliphatic rings. The summed E-state index contributed by atoms with van der Waals surface area (Å²) in [7, 11) is 0. The molecule has 0 radical (unpaired) electrons. The summed E-state index contributed by atoms with van der Waals surface area (Å²) in [5.41, 5.74) is 0.989. The van der Waals surface area contributed by atoms with E-state index >= 15 is 0 Å². The highest BCUT2D eigenvalue weighted by Gasteiger charge is 2.30. The van der Waals surface area contributed by atoms with Crippen LogP contribution in [0.5, 0.6) is 0 Å². The van der Waals surface area contributed by atoms with E-state index < -0.39 is 35.4 Å². The van der Waals surface area contributed by atoms with Gasteiger partial charge in [-0.15, -0.1) is 0 Å². The number of alkyl halides is 6. The van der Waals surface area contributed by atoms with Gasteiger partial charge in [-0.2, -0.15) is 26.3 Å². The molecule has 36 heavy (non-hydrogen) atoms. The third-order valence-corrected chi connectivity index (χ3v) is 5.64. The zero-order chi connectivity index (χ0) is 26.7. The fraction of sp³-hybridized carbons (Fsp3) is 0.250. The highest BCUT2D eigenvalue weighted by Crippen LogP contribution is 2.34. The summed E-state index contributed by atoms with van der Waals surface area (Å²) in [5.74, 6) is -1.78. The van der Waals surface area contributed by atoms with E-state index in [0.29, 0.717) is 34.2 Å². The number of hydrogen-bond donors (Lipinski definition) is 1. The number of aliphatic carboxylic acids is 1. The first-order valence-electron chi connectivity index (χ1n) is 11.1. The molecule has 1 unspecified atom stereocenters. The van der Waals surface area contributed by atoms with Crippen LogP contribution >= 0.6 is 0 Å². The molecular formula is C28H24F6O2. The Morgan fingerprint density at radius 1 is 0.750 bits per heavy atom. The van der Waals surface area contributed by atoms with Crippen molar-refractivity contribution in [3.05, 3.63) is 94.5 Å². The molecule has 1 N–H and O–H groups in total.